The van der Waals surface area contributed by atoms with Gasteiger partial charge >= 0.3 is 6.03 Å². The van der Waals surface area contributed by atoms with Gasteiger partial charge in [-0.1, -0.05) is 66.2 Å². The Bertz CT molecular complexity index is 1170. The Balaban J connectivity index is 1.62. The third-order valence-electron chi connectivity index (χ3n) is 4.32. The predicted octanol–water partition coefficient (Wildman–Crippen LogP) is 5.44. The van der Waals surface area contributed by atoms with Crippen molar-refractivity contribution < 1.29 is 13.6 Å². The molecule has 4 aromatic rings. The molecule has 0 aliphatic carbocycles. The second-order valence-corrected chi connectivity index (χ2v) is 6.75. The summed E-state index contributed by atoms with van der Waals surface area (Å²) in [5.41, 5.74) is 1.36. The van der Waals surface area contributed by atoms with Gasteiger partial charge in [0.15, 0.2) is 0 Å². The molecule has 0 saturated heterocycles. The summed E-state index contributed by atoms with van der Waals surface area (Å²) in [5.74, 6) is -0.143. The average molecular weight is 423 g/mol. The molecule has 2 amide bonds. The van der Waals surface area contributed by atoms with Gasteiger partial charge in [-0.15, -0.1) is 10.2 Å². The topological polar surface area (TPSA) is 80.0 Å². The van der Waals surface area contributed by atoms with Crippen LogP contribution in [0.25, 0.3) is 11.5 Å². The minimum Gasteiger partial charge on any atom is -0.418 e. The van der Waals surface area contributed by atoms with Crippen molar-refractivity contribution in [3.63, 3.8) is 0 Å². The summed E-state index contributed by atoms with van der Waals surface area (Å²) in [6.07, 6.45) is 0. The van der Waals surface area contributed by atoms with Crippen molar-refractivity contribution in [3.05, 3.63) is 101 Å². The van der Waals surface area contributed by atoms with Gasteiger partial charge in [-0.2, -0.15) is 0 Å². The van der Waals surface area contributed by atoms with Crippen LogP contribution >= 0.6 is 11.6 Å². The Morgan fingerprint density at radius 3 is 2.40 bits per heavy atom. The highest BCUT2D eigenvalue weighted by atomic mass is 35.5. The molecule has 0 spiro atoms. The van der Waals surface area contributed by atoms with Gasteiger partial charge < -0.3 is 15.1 Å². The van der Waals surface area contributed by atoms with Gasteiger partial charge in [-0.3, -0.25) is 0 Å². The van der Waals surface area contributed by atoms with E-state index in [-0.39, 0.29) is 17.5 Å². The number of para-hydroxylation sites is 1. The van der Waals surface area contributed by atoms with E-state index >= 15 is 0 Å². The van der Waals surface area contributed by atoms with Gasteiger partial charge in [0.1, 0.15) is 11.9 Å². The molecule has 1 atom stereocenters. The molecule has 6 nitrogen and oxygen atoms in total. The van der Waals surface area contributed by atoms with Crippen LogP contribution in [0.2, 0.25) is 5.02 Å². The lowest BCUT2D eigenvalue weighted by atomic mass is 10.1. The standard InChI is InChI=1S/C22H16ClFN4O2/c23-16-11-5-4-10-15(16)20-27-28-21(30-20)19(14-8-2-1-3-9-14)26-22(29)25-18-13-7-6-12-17(18)24/h1-13,19H,(H2,25,26,29). The zero-order valence-electron chi connectivity index (χ0n) is 15.5. The van der Waals surface area contributed by atoms with Crippen molar-refractivity contribution in [2.75, 3.05) is 5.32 Å². The van der Waals surface area contributed by atoms with Crippen LogP contribution in [0.3, 0.4) is 0 Å². The van der Waals surface area contributed by atoms with E-state index < -0.39 is 17.9 Å². The van der Waals surface area contributed by atoms with E-state index in [1.54, 1.807) is 36.4 Å². The summed E-state index contributed by atoms with van der Waals surface area (Å²) in [4.78, 5) is 12.6. The first kappa shape index (κ1) is 19.6. The van der Waals surface area contributed by atoms with E-state index in [0.29, 0.717) is 10.6 Å². The quantitative estimate of drug-likeness (QED) is 0.448. The first-order valence-electron chi connectivity index (χ1n) is 9.07. The highest BCUT2D eigenvalue weighted by molar-refractivity contribution is 6.33. The molecular weight excluding hydrogens is 407 g/mol. The maximum Gasteiger partial charge on any atom is 0.320 e. The van der Waals surface area contributed by atoms with Crippen LogP contribution in [-0.4, -0.2) is 16.2 Å². The van der Waals surface area contributed by atoms with Gasteiger partial charge in [0.05, 0.1) is 16.3 Å². The van der Waals surface area contributed by atoms with E-state index in [1.165, 1.54) is 12.1 Å². The molecule has 4 rings (SSSR count). The van der Waals surface area contributed by atoms with Crippen molar-refractivity contribution in [2.24, 2.45) is 0 Å². The average Bonchev–Trinajstić information content (AvgIpc) is 3.24. The predicted molar refractivity (Wildman–Crippen MR) is 112 cm³/mol. The fourth-order valence-corrected chi connectivity index (χ4v) is 3.10. The molecule has 8 heteroatoms. The molecule has 2 N–H and O–H groups in total. The van der Waals surface area contributed by atoms with E-state index in [4.69, 9.17) is 16.0 Å². The number of carbonyl (C=O) groups excluding carboxylic acids is 1. The Morgan fingerprint density at radius 1 is 0.933 bits per heavy atom. The number of benzene rings is 3. The number of rotatable bonds is 5. The zero-order chi connectivity index (χ0) is 20.9. The third-order valence-corrected chi connectivity index (χ3v) is 4.65. The normalized spacial score (nSPS) is 11.7. The highest BCUT2D eigenvalue weighted by Crippen LogP contribution is 2.29. The summed E-state index contributed by atoms with van der Waals surface area (Å²) in [7, 11) is 0. The number of nitrogens with one attached hydrogen (secondary N) is 2. The zero-order valence-corrected chi connectivity index (χ0v) is 16.3. The number of amides is 2. The number of carbonyl (C=O) groups is 1. The van der Waals surface area contributed by atoms with Crippen LogP contribution in [0.4, 0.5) is 14.9 Å². The number of anilines is 1. The minimum atomic E-state index is -0.748. The van der Waals surface area contributed by atoms with Crippen molar-refractivity contribution in [1.82, 2.24) is 15.5 Å². The Kier molecular flexibility index (Phi) is 5.72. The molecule has 0 saturated carbocycles. The van der Waals surface area contributed by atoms with Crippen molar-refractivity contribution in [2.45, 2.75) is 6.04 Å². The van der Waals surface area contributed by atoms with Gasteiger partial charge in [0, 0.05) is 0 Å². The lowest BCUT2D eigenvalue weighted by molar-refractivity contribution is 0.248. The summed E-state index contributed by atoms with van der Waals surface area (Å²) >= 11 is 6.21. The second-order valence-electron chi connectivity index (χ2n) is 6.35. The smallest absolute Gasteiger partial charge is 0.320 e. The number of aromatic nitrogens is 2. The third kappa shape index (κ3) is 4.31. The van der Waals surface area contributed by atoms with E-state index in [0.717, 1.165) is 5.56 Å². The fraction of sp³-hybridized carbons (Fsp3) is 0.0455. The lowest BCUT2D eigenvalue weighted by Gasteiger charge is -2.16. The molecule has 30 heavy (non-hydrogen) atoms. The van der Waals surface area contributed by atoms with Crippen LogP contribution in [0.15, 0.2) is 83.3 Å². The van der Waals surface area contributed by atoms with Crippen molar-refractivity contribution >= 4 is 23.3 Å². The Morgan fingerprint density at radius 2 is 1.63 bits per heavy atom. The minimum absolute atomic E-state index is 0.0593. The molecule has 3 aromatic carbocycles. The maximum absolute atomic E-state index is 13.9. The number of urea groups is 1. The first-order valence-corrected chi connectivity index (χ1v) is 9.45. The number of halogens is 2. The van der Waals surface area contributed by atoms with Crippen LogP contribution in [0, 0.1) is 5.82 Å². The van der Waals surface area contributed by atoms with E-state index in [2.05, 4.69) is 20.8 Å². The summed E-state index contributed by atoms with van der Waals surface area (Å²) < 4.78 is 19.7. The maximum atomic E-state index is 13.9. The molecule has 0 aliphatic rings. The SMILES string of the molecule is O=C(Nc1ccccc1F)NC(c1ccccc1)c1nnc(-c2ccccc2Cl)o1. The summed E-state index contributed by atoms with van der Waals surface area (Å²) in [6.45, 7) is 0. The van der Waals surface area contributed by atoms with Crippen LogP contribution in [-0.2, 0) is 0 Å². The lowest BCUT2D eigenvalue weighted by Crippen LogP contribution is -2.33. The molecule has 1 unspecified atom stereocenters. The molecule has 0 aliphatic heterocycles. The number of hydrogen-bond donors (Lipinski definition) is 2. The summed E-state index contributed by atoms with van der Waals surface area (Å²) in [6, 6.07) is 20.7. The van der Waals surface area contributed by atoms with E-state index in [9.17, 15) is 9.18 Å². The first-order chi connectivity index (χ1) is 14.6. The van der Waals surface area contributed by atoms with Gasteiger partial charge in [0.25, 0.3) is 0 Å². The molecule has 0 fully saturated rings. The highest BCUT2D eigenvalue weighted by Gasteiger charge is 2.24. The molecule has 150 valence electrons. The Hall–Kier alpha value is -3.71. The van der Waals surface area contributed by atoms with E-state index in [1.807, 2.05) is 30.3 Å². The van der Waals surface area contributed by atoms with Crippen molar-refractivity contribution in [3.8, 4) is 11.5 Å². The monoisotopic (exact) mass is 422 g/mol. The number of hydrogen-bond acceptors (Lipinski definition) is 4. The molecular formula is C22H16ClFN4O2. The van der Waals surface area contributed by atoms with Crippen LogP contribution in [0.1, 0.15) is 17.5 Å². The second kappa shape index (κ2) is 8.75. The molecule has 1 heterocycles. The van der Waals surface area contributed by atoms with Crippen LogP contribution < -0.4 is 10.6 Å². The van der Waals surface area contributed by atoms with Crippen molar-refractivity contribution in [1.29, 1.82) is 0 Å². The molecule has 1 aromatic heterocycles. The summed E-state index contributed by atoms with van der Waals surface area (Å²) in [5, 5.41) is 13.9. The Labute approximate surface area is 176 Å². The number of nitrogens with zero attached hydrogens (tertiary/aromatic N) is 2. The van der Waals surface area contributed by atoms with Gasteiger partial charge in [-0.05, 0) is 29.8 Å². The van der Waals surface area contributed by atoms with Crippen LogP contribution in [0.5, 0.6) is 0 Å². The fourth-order valence-electron chi connectivity index (χ4n) is 2.88. The van der Waals surface area contributed by atoms with Gasteiger partial charge in [0.2, 0.25) is 11.8 Å². The molecule has 0 bridgehead atoms. The molecule has 0 radical (unpaired) electrons. The van der Waals surface area contributed by atoms with Gasteiger partial charge in [-0.25, -0.2) is 9.18 Å². The largest absolute Gasteiger partial charge is 0.418 e.